The number of carboxylic acids is 1. The lowest BCUT2D eigenvalue weighted by atomic mass is 9.93. The van der Waals surface area contributed by atoms with Gasteiger partial charge in [0.15, 0.2) is 5.72 Å². The van der Waals surface area contributed by atoms with Crippen molar-refractivity contribution in [3.63, 3.8) is 0 Å². The number of carbonyl (C=O) groups is 2. The molecule has 146 valence electrons. The summed E-state index contributed by atoms with van der Waals surface area (Å²) >= 11 is 0. The smallest absolute Gasteiger partial charge is 0.328 e. The van der Waals surface area contributed by atoms with Crippen LogP contribution in [-0.4, -0.2) is 58.7 Å². The van der Waals surface area contributed by atoms with E-state index in [9.17, 15) is 9.59 Å². The number of fused-ring (bicyclic) bond motifs is 1. The fraction of sp³-hybridized carbons (Fsp3) is 0.524. The number of aliphatic carboxylic acids is 1. The number of carboxylic acid groups (broad SMARTS) is 1. The molecule has 1 amide bonds. The van der Waals surface area contributed by atoms with E-state index in [0.29, 0.717) is 23.4 Å². The van der Waals surface area contributed by atoms with E-state index in [2.05, 4.69) is 18.7 Å². The summed E-state index contributed by atoms with van der Waals surface area (Å²) in [5.74, 6) is -0.424. The van der Waals surface area contributed by atoms with Crippen LogP contribution in [0.3, 0.4) is 0 Å². The Bertz CT molecular complexity index is 736. The molecule has 0 radical (unpaired) electrons. The monoisotopic (exact) mass is 372 g/mol. The summed E-state index contributed by atoms with van der Waals surface area (Å²) in [6, 6.07) is 5.31. The number of unbranched alkanes of at least 4 members (excludes halogenated alkanes) is 1. The molecule has 27 heavy (non-hydrogen) atoms. The lowest BCUT2D eigenvalue weighted by molar-refractivity contribution is -0.131. The number of amides is 1. The Morgan fingerprint density at radius 3 is 2.67 bits per heavy atom. The summed E-state index contributed by atoms with van der Waals surface area (Å²) in [7, 11) is 0. The Labute approximate surface area is 160 Å². The fourth-order valence-electron chi connectivity index (χ4n) is 3.88. The van der Waals surface area contributed by atoms with Crippen LogP contribution < -0.4 is 4.74 Å². The van der Waals surface area contributed by atoms with Crippen molar-refractivity contribution in [2.24, 2.45) is 0 Å². The number of ether oxygens (including phenoxy) is 1. The number of nitrogens with zero attached hydrogens (tertiary/aromatic N) is 2. The molecule has 2 aliphatic heterocycles. The van der Waals surface area contributed by atoms with Crippen LogP contribution in [0.5, 0.6) is 5.75 Å². The van der Waals surface area contributed by atoms with E-state index in [4.69, 9.17) is 9.84 Å². The van der Waals surface area contributed by atoms with Crippen molar-refractivity contribution in [2.45, 2.75) is 45.3 Å². The van der Waals surface area contributed by atoms with Gasteiger partial charge in [0, 0.05) is 38.6 Å². The second-order valence-electron chi connectivity index (χ2n) is 7.22. The maximum absolute atomic E-state index is 13.3. The van der Waals surface area contributed by atoms with E-state index < -0.39 is 11.7 Å². The average molecular weight is 372 g/mol. The molecule has 0 bridgehead atoms. The lowest BCUT2D eigenvalue weighted by Crippen LogP contribution is -2.63. The molecule has 1 aromatic rings. The van der Waals surface area contributed by atoms with Gasteiger partial charge < -0.3 is 19.6 Å². The number of piperidine rings is 1. The van der Waals surface area contributed by atoms with Gasteiger partial charge in [-0.3, -0.25) is 4.79 Å². The van der Waals surface area contributed by atoms with Crippen LogP contribution in [0.15, 0.2) is 24.3 Å². The quantitative estimate of drug-likeness (QED) is 0.777. The van der Waals surface area contributed by atoms with E-state index in [1.807, 2.05) is 4.90 Å². The first-order valence-corrected chi connectivity index (χ1v) is 9.77. The van der Waals surface area contributed by atoms with Crippen LogP contribution in [-0.2, 0) is 4.79 Å². The van der Waals surface area contributed by atoms with Crippen molar-refractivity contribution in [3.8, 4) is 5.75 Å². The van der Waals surface area contributed by atoms with Gasteiger partial charge in [0.25, 0.3) is 5.91 Å². The molecule has 0 atom stereocenters. The van der Waals surface area contributed by atoms with Crippen molar-refractivity contribution in [3.05, 3.63) is 35.4 Å². The molecule has 1 aromatic carbocycles. The number of rotatable bonds is 6. The normalized spacial score (nSPS) is 19.3. The van der Waals surface area contributed by atoms with Gasteiger partial charge in [-0.1, -0.05) is 26.3 Å². The molecule has 2 heterocycles. The zero-order valence-electron chi connectivity index (χ0n) is 16.1. The minimum Gasteiger partial charge on any atom is -0.478 e. The number of carbonyl (C=O) groups excluding carboxylic acids is 1. The first kappa shape index (κ1) is 19.4. The minimum absolute atomic E-state index is 0.0137. The molecule has 1 spiro atoms. The third-order valence-corrected chi connectivity index (χ3v) is 5.51. The topological polar surface area (TPSA) is 70.1 Å². The van der Waals surface area contributed by atoms with Crippen LogP contribution in [0.4, 0.5) is 0 Å². The standard InChI is InChI=1S/C21H28N2O4/c1-3-5-12-23-20(26)17-15-16(7-9-19(24)25)6-8-18(17)27-21(23)10-13-22(4-2)14-11-21/h6-9,15H,3-5,10-14H2,1-2H3,(H,24,25). The van der Waals surface area contributed by atoms with Gasteiger partial charge in [0.2, 0.25) is 0 Å². The van der Waals surface area contributed by atoms with Gasteiger partial charge in [-0.15, -0.1) is 0 Å². The van der Waals surface area contributed by atoms with Gasteiger partial charge in [-0.05, 0) is 36.7 Å². The molecule has 0 aromatic heterocycles. The SMILES string of the molecule is CCCCN1C(=O)c2cc(C=CC(=O)O)ccc2OC12CCN(CC)CC2. The molecule has 3 rings (SSSR count). The van der Waals surface area contributed by atoms with Crippen LogP contribution in [0.1, 0.15) is 55.5 Å². The first-order chi connectivity index (χ1) is 13.0. The van der Waals surface area contributed by atoms with Crippen LogP contribution >= 0.6 is 0 Å². The molecule has 0 unspecified atom stereocenters. The van der Waals surface area contributed by atoms with E-state index in [1.54, 1.807) is 18.2 Å². The second kappa shape index (κ2) is 8.13. The van der Waals surface area contributed by atoms with Gasteiger partial charge in [0.1, 0.15) is 5.75 Å². The Balaban J connectivity index is 1.93. The van der Waals surface area contributed by atoms with E-state index >= 15 is 0 Å². The van der Waals surface area contributed by atoms with Gasteiger partial charge >= 0.3 is 5.97 Å². The maximum Gasteiger partial charge on any atom is 0.328 e. The first-order valence-electron chi connectivity index (χ1n) is 9.77. The fourth-order valence-corrected chi connectivity index (χ4v) is 3.88. The molecular formula is C21H28N2O4. The highest BCUT2D eigenvalue weighted by Gasteiger charge is 2.48. The Kier molecular flexibility index (Phi) is 5.85. The second-order valence-corrected chi connectivity index (χ2v) is 7.22. The highest BCUT2D eigenvalue weighted by Crippen LogP contribution is 2.40. The van der Waals surface area contributed by atoms with Gasteiger partial charge in [0.05, 0.1) is 5.56 Å². The van der Waals surface area contributed by atoms with Crippen LogP contribution in [0.2, 0.25) is 0 Å². The number of likely N-dealkylation sites (tertiary alicyclic amines) is 1. The summed E-state index contributed by atoms with van der Waals surface area (Å²) in [6.45, 7) is 7.79. The van der Waals surface area contributed by atoms with Gasteiger partial charge in [-0.2, -0.15) is 0 Å². The lowest BCUT2D eigenvalue weighted by Gasteiger charge is -2.51. The van der Waals surface area contributed by atoms with Crippen LogP contribution in [0, 0.1) is 0 Å². The molecule has 6 nitrogen and oxygen atoms in total. The third-order valence-electron chi connectivity index (χ3n) is 5.51. The van der Waals surface area contributed by atoms with E-state index in [0.717, 1.165) is 51.4 Å². The number of hydrogen-bond acceptors (Lipinski definition) is 4. The Hall–Kier alpha value is -2.34. The number of hydrogen-bond donors (Lipinski definition) is 1. The predicted octanol–water partition coefficient (Wildman–Crippen LogP) is 3.23. The zero-order valence-corrected chi connectivity index (χ0v) is 16.1. The highest BCUT2D eigenvalue weighted by molar-refractivity contribution is 5.99. The molecule has 1 fully saturated rings. The maximum atomic E-state index is 13.3. The molecule has 0 aliphatic carbocycles. The third kappa shape index (κ3) is 4.00. The molecule has 0 saturated carbocycles. The zero-order chi connectivity index (χ0) is 19.4. The molecule has 2 aliphatic rings. The van der Waals surface area contributed by atoms with Crippen LogP contribution in [0.25, 0.3) is 6.08 Å². The molecule has 1 saturated heterocycles. The molecule has 1 N–H and O–H groups in total. The average Bonchev–Trinajstić information content (AvgIpc) is 2.67. The highest BCUT2D eigenvalue weighted by atomic mass is 16.5. The summed E-state index contributed by atoms with van der Waals surface area (Å²) in [5.41, 5.74) is 0.631. The molecular weight excluding hydrogens is 344 g/mol. The summed E-state index contributed by atoms with van der Waals surface area (Å²) in [6.07, 6.45) is 6.12. The summed E-state index contributed by atoms with van der Waals surface area (Å²) in [4.78, 5) is 28.4. The predicted molar refractivity (Wildman–Crippen MR) is 104 cm³/mol. The van der Waals surface area contributed by atoms with Crippen molar-refractivity contribution in [1.29, 1.82) is 0 Å². The van der Waals surface area contributed by atoms with Crippen molar-refractivity contribution in [2.75, 3.05) is 26.2 Å². The van der Waals surface area contributed by atoms with Gasteiger partial charge in [-0.25, -0.2) is 4.79 Å². The number of benzene rings is 1. The van der Waals surface area contributed by atoms with E-state index in [1.165, 1.54) is 6.08 Å². The minimum atomic E-state index is -1.01. The summed E-state index contributed by atoms with van der Waals surface area (Å²) in [5, 5.41) is 8.82. The van der Waals surface area contributed by atoms with Crippen molar-refractivity contribution < 1.29 is 19.4 Å². The molecule has 6 heteroatoms. The van der Waals surface area contributed by atoms with Crippen molar-refractivity contribution in [1.82, 2.24) is 9.80 Å². The largest absolute Gasteiger partial charge is 0.478 e. The Morgan fingerprint density at radius 1 is 1.30 bits per heavy atom. The summed E-state index contributed by atoms with van der Waals surface area (Å²) < 4.78 is 6.45. The van der Waals surface area contributed by atoms with E-state index in [-0.39, 0.29) is 5.91 Å². The Morgan fingerprint density at radius 2 is 2.04 bits per heavy atom. The van der Waals surface area contributed by atoms with Crippen molar-refractivity contribution >= 4 is 18.0 Å².